The highest BCUT2D eigenvalue weighted by molar-refractivity contribution is 5.97. The van der Waals surface area contributed by atoms with Crippen LogP contribution in [0.2, 0.25) is 0 Å². The molecule has 0 aliphatic carbocycles. The molecule has 2 rings (SSSR count). The maximum absolute atomic E-state index is 12.0. The Morgan fingerprint density at radius 2 is 1.70 bits per heavy atom. The number of benzene rings is 2. The van der Waals surface area contributed by atoms with Crippen LogP contribution in [0.15, 0.2) is 48.5 Å². The predicted octanol–water partition coefficient (Wildman–Crippen LogP) is 1.86. The molecule has 142 valence electrons. The van der Waals surface area contributed by atoms with Gasteiger partial charge in [-0.15, -0.1) is 0 Å². The molecule has 0 heterocycles. The van der Waals surface area contributed by atoms with Gasteiger partial charge in [0.05, 0.1) is 6.54 Å². The second-order valence-corrected chi connectivity index (χ2v) is 6.33. The monoisotopic (exact) mass is 368 g/mol. The van der Waals surface area contributed by atoms with E-state index in [1.54, 1.807) is 37.2 Å². The first kappa shape index (κ1) is 20.0. The lowest BCUT2D eigenvalue weighted by Gasteiger charge is -2.11. The topological polar surface area (TPSA) is 105 Å². The summed E-state index contributed by atoms with van der Waals surface area (Å²) >= 11 is 0. The lowest BCUT2D eigenvalue weighted by Crippen LogP contribution is -2.22. The highest BCUT2D eigenvalue weighted by Crippen LogP contribution is 2.12. The van der Waals surface area contributed by atoms with Crippen molar-refractivity contribution in [3.8, 4) is 0 Å². The van der Waals surface area contributed by atoms with Crippen molar-refractivity contribution in [2.24, 2.45) is 5.73 Å². The smallest absolute Gasteiger partial charge is 0.248 e. The summed E-state index contributed by atoms with van der Waals surface area (Å²) in [6.45, 7) is 0.0826. The number of carbonyl (C=O) groups is 3. The Kier molecular flexibility index (Phi) is 6.93. The predicted molar refractivity (Wildman–Crippen MR) is 106 cm³/mol. The Labute approximate surface area is 158 Å². The number of nitrogens with two attached hydrogens (primary N) is 1. The van der Waals surface area contributed by atoms with Crippen molar-refractivity contribution in [2.45, 2.75) is 12.8 Å². The van der Waals surface area contributed by atoms with Gasteiger partial charge in [0.2, 0.25) is 17.7 Å². The first-order chi connectivity index (χ1) is 12.8. The summed E-state index contributed by atoms with van der Waals surface area (Å²) in [4.78, 5) is 36.4. The summed E-state index contributed by atoms with van der Waals surface area (Å²) in [5.41, 5.74) is 7.94. The van der Waals surface area contributed by atoms with Gasteiger partial charge in [-0.05, 0) is 42.3 Å². The van der Waals surface area contributed by atoms with Gasteiger partial charge >= 0.3 is 0 Å². The van der Waals surface area contributed by atoms with Crippen molar-refractivity contribution >= 4 is 29.1 Å². The van der Waals surface area contributed by atoms with Gasteiger partial charge < -0.3 is 21.3 Å². The van der Waals surface area contributed by atoms with Crippen molar-refractivity contribution in [1.82, 2.24) is 4.90 Å². The molecule has 0 saturated heterocycles. The average molecular weight is 368 g/mol. The highest BCUT2D eigenvalue weighted by Gasteiger charge is 2.06. The average Bonchev–Trinajstić information content (AvgIpc) is 2.65. The molecule has 2 aromatic rings. The van der Waals surface area contributed by atoms with E-state index in [1.165, 1.54) is 6.07 Å². The summed E-state index contributed by atoms with van der Waals surface area (Å²) in [6, 6.07) is 14.1. The van der Waals surface area contributed by atoms with Gasteiger partial charge in [0.1, 0.15) is 0 Å². The van der Waals surface area contributed by atoms with Crippen LogP contribution in [0.4, 0.5) is 11.4 Å². The van der Waals surface area contributed by atoms with E-state index in [0.717, 1.165) is 11.3 Å². The molecule has 0 atom stereocenters. The minimum Gasteiger partial charge on any atom is -0.376 e. The van der Waals surface area contributed by atoms with E-state index in [-0.39, 0.29) is 18.4 Å². The van der Waals surface area contributed by atoms with Gasteiger partial charge in [-0.1, -0.05) is 18.2 Å². The molecule has 0 aliphatic heterocycles. The number of nitrogens with zero attached hydrogens (tertiary/aromatic N) is 1. The Balaban J connectivity index is 1.82. The van der Waals surface area contributed by atoms with Crippen molar-refractivity contribution in [3.05, 3.63) is 59.7 Å². The van der Waals surface area contributed by atoms with Gasteiger partial charge in [0.15, 0.2) is 0 Å². The van der Waals surface area contributed by atoms with Gasteiger partial charge in [0, 0.05) is 37.5 Å². The van der Waals surface area contributed by atoms with Gasteiger partial charge in [0.25, 0.3) is 0 Å². The first-order valence-corrected chi connectivity index (χ1v) is 8.58. The molecule has 2 aromatic carbocycles. The van der Waals surface area contributed by atoms with Crippen molar-refractivity contribution in [1.29, 1.82) is 0 Å². The van der Waals surface area contributed by atoms with E-state index in [2.05, 4.69) is 10.6 Å². The number of aryl methyl sites for hydroxylation is 1. The van der Waals surface area contributed by atoms with Crippen LogP contribution in [0, 0.1) is 0 Å². The zero-order valence-electron chi connectivity index (χ0n) is 15.5. The SMILES string of the molecule is CN(C)C(=O)CCc1ccc(NCC(=O)Nc2cccc(C(N)=O)c2)cc1. The van der Waals surface area contributed by atoms with Crippen molar-refractivity contribution in [3.63, 3.8) is 0 Å². The van der Waals surface area contributed by atoms with Crippen LogP contribution in [0.1, 0.15) is 22.3 Å². The number of rotatable bonds is 8. The molecule has 0 saturated carbocycles. The highest BCUT2D eigenvalue weighted by atomic mass is 16.2. The maximum Gasteiger partial charge on any atom is 0.248 e. The summed E-state index contributed by atoms with van der Waals surface area (Å²) in [7, 11) is 3.48. The fourth-order valence-corrected chi connectivity index (χ4v) is 2.40. The van der Waals surface area contributed by atoms with Crippen LogP contribution in [0.3, 0.4) is 0 Å². The van der Waals surface area contributed by atoms with Crippen LogP contribution >= 0.6 is 0 Å². The van der Waals surface area contributed by atoms with Crippen LogP contribution in [-0.2, 0) is 16.0 Å². The van der Waals surface area contributed by atoms with E-state index in [1.807, 2.05) is 24.3 Å². The molecule has 0 aliphatic rings. The largest absolute Gasteiger partial charge is 0.376 e. The Hall–Kier alpha value is -3.35. The molecule has 0 bridgehead atoms. The van der Waals surface area contributed by atoms with E-state index in [0.29, 0.717) is 24.1 Å². The Morgan fingerprint density at radius 1 is 1.00 bits per heavy atom. The summed E-state index contributed by atoms with van der Waals surface area (Å²) < 4.78 is 0. The third-order valence-electron chi connectivity index (χ3n) is 3.96. The second-order valence-electron chi connectivity index (χ2n) is 6.33. The minimum atomic E-state index is -0.545. The molecule has 3 amide bonds. The minimum absolute atomic E-state index is 0.0826. The molecule has 27 heavy (non-hydrogen) atoms. The number of hydrogen-bond donors (Lipinski definition) is 3. The van der Waals surface area contributed by atoms with Gasteiger partial charge in [-0.25, -0.2) is 0 Å². The quantitative estimate of drug-likeness (QED) is 0.661. The molecule has 7 heteroatoms. The molecular formula is C20H24N4O3. The second kappa shape index (κ2) is 9.38. The fourth-order valence-electron chi connectivity index (χ4n) is 2.40. The fraction of sp³-hybridized carbons (Fsp3) is 0.250. The van der Waals surface area contributed by atoms with E-state index in [9.17, 15) is 14.4 Å². The molecule has 0 aromatic heterocycles. The van der Waals surface area contributed by atoms with E-state index in [4.69, 9.17) is 5.73 Å². The third kappa shape index (κ3) is 6.47. The third-order valence-corrected chi connectivity index (χ3v) is 3.96. The molecular weight excluding hydrogens is 344 g/mol. The van der Waals surface area contributed by atoms with Gasteiger partial charge in [-0.3, -0.25) is 14.4 Å². The zero-order valence-corrected chi connectivity index (χ0v) is 15.5. The van der Waals surface area contributed by atoms with Crippen LogP contribution < -0.4 is 16.4 Å². The molecule has 7 nitrogen and oxygen atoms in total. The number of anilines is 2. The Morgan fingerprint density at radius 3 is 2.33 bits per heavy atom. The standard InChI is InChI=1S/C20H24N4O3/c1-24(2)19(26)11-8-14-6-9-16(10-7-14)22-13-18(25)23-17-5-3-4-15(12-17)20(21)27/h3-7,9-10,12,22H,8,11,13H2,1-2H3,(H2,21,27)(H,23,25). The molecule has 4 N–H and O–H groups in total. The molecule has 0 fully saturated rings. The van der Waals surface area contributed by atoms with Crippen LogP contribution in [0.25, 0.3) is 0 Å². The first-order valence-electron chi connectivity index (χ1n) is 8.58. The number of amides is 3. The molecule has 0 radical (unpaired) electrons. The normalized spacial score (nSPS) is 10.1. The lowest BCUT2D eigenvalue weighted by atomic mass is 10.1. The van der Waals surface area contributed by atoms with Crippen LogP contribution in [0.5, 0.6) is 0 Å². The number of carbonyl (C=O) groups excluding carboxylic acids is 3. The van der Waals surface area contributed by atoms with Crippen molar-refractivity contribution in [2.75, 3.05) is 31.3 Å². The van der Waals surface area contributed by atoms with E-state index < -0.39 is 5.91 Å². The molecule has 0 unspecified atom stereocenters. The van der Waals surface area contributed by atoms with Crippen LogP contribution in [-0.4, -0.2) is 43.3 Å². The maximum atomic E-state index is 12.0. The van der Waals surface area contributed by atoms with E-state index >= 15 is 0 Å². The number of nitrogens with one attached hydrogen (secondary N) is 2. The zero-order chi connectivity index (χ0) is 19.8. The van der Waals surface area contributed by atoms with Gasteiger partial charge in [-0.2, -0.15) is 0 Å². The Bertz CT molecular complexity index is 816. The lowest BCUT2D eigenvalue weighted by molar-refractivity contribution is -0.128. The summed E-state index contributed by atoms with van der Waals surface area (Å²) in [6.07, 6.45) is 1.14. The van der Waals surface area contributed by atoms with Crippen molar-refractivity contribution < 1.29 is 14.4 Å². The number of hydrogen-bond acceptors (Lipinski definition) is 4. The molecule has 0 spiro atoms. The summed E-state index contributed by atoms with van der Waals surface area (Å²) in [5, 5.41) is 5.74. The summed E-state index contributed by atoms with van der Waals surface area (Å²) in [5.74, 6) is -0.692. The number of primary amides is 1.